The van der Waals surface area contributed by atoms with Crippen LogP contribution in [0.25, 0.3) is 10.8 Å². The van der Waals surface area contributed by atoms with Crippen molar-refractivity contribution in [3.8, 4) is 0 Å². The molecule has 8 nitrogen and oxygen atoms in total. The first-order valence-electron chi connectivity index (χ1n) is 11.6. The number of amides is 2. The lowest BCUT2D eigenvalue weighted by Crippen LogP contribution is -2.50. The zero-order valence-corrected chi connectivity index (χ0v) is 19.1. The minimum Gasteiger partial charge on any atom is -0.338 e. The highest BCUT2D eigenvalue weighted by Gasteiger charge is 2.50. The van der Waals surface area contributed by atoms with Gasteiger partial charge in [0.2, 0.25) is 5.91 Å². The molecule has 1 aliphatic carbocycles. The number of para-hydroxylation sites is 1. The van der Waals surface area contributed by atoms with Crippen LogP contribution < -0.4 is 15.8 Å². The van der Waals surface area contributed by atoms with Crippen molar-refractivity contribution >= 4 is 34.0 Å². The number of benzene rings is 2. The molecule has 2 N–H and O–H groups in total. The summed E-state index contributed by atoms with van der Waals surface area (Å²) in [5.41, 5.74) is 2.27. The van der Waals surface area contributed by atoms with Crippen molar-refractivity contribution < 1.29 is 9.59 Å². The van der Waals surface area contributed by atoms with Gasteiger partial charge in [0, 0.05) is 29.5 Å². The van der Waals surface area contributed by atoms with Gasteiger partial charge in [-0.25, -0.2) is 5.10 Å². The Labute approximate surface area is 201 Å². The van der Waals surface area contributed by atoms with Gasteiger partial charge in [0.15, 0.2) is 0 Å². The predicted octanol–water partition coefficient (Wildman–Crippen LogP) is 3.33. The Morgan fingerprint density at radius 2 is 1.83 bits per heavy atom. The molecule has 0 spiro atoms. The second-order valence-electron chi connectivity index (χ2n) is 9.32. The molecule has 2 amide bonds. The van der Waals surface area contributed by atoms with Crippen molar-refractivity contribution in [2.24, 2.45) is 5.92 Å². The summed E-state index contributed by atoms with van der Waals surface area (Å²) in [4.78, 5) is 44.6. The smallest absolute Gasteiger partial charge is 0.272 e. The van der Waals surface area contributed by atoms with E-state index < -0.39 is 5.54 Å². The van der Waals surface area contributed by atoms with E-state index in [1.165, 1.54) is 0 Å². The number of rotatable bonds is 5. The number of hydrogen-bond acceptors (Lipinski definition) is 5. The van der Waals surface area contributed by atoms with Crippen molar-refractivity contribution in [3.05, 3.63) is 94.2 Å². The molecule has 35 heavy (non-hydrogen) atoms. The van der Waals surface area contributed by atoms with Crippen molar-refractivity contribution in [2.45, 2.75) is 31.7 Å². The van der Waals surface area contributed by atoms with Gasteiger partial charge in [-0.2, -0.15) is 5.10 Å². The van der Waals surface area contributed by atoms with Gasteiger partial charge in [-0.3, -0.25) is 24.3 Å². The van der Waals surface area contributed by atoms with Crippen LogP contribution in [0.1, 0.15) is 36.6 Å². The molecule has 0 bridgehead atoms. The zero-order valence-electron chi connectivity index (χ0n) is 19.1. The fourth-order valence-electron chi connectivity index (χ4n) is 4.80. The lowest BCUT2D eigenvalue weighted by molar-refractivity contribution is -0.131. The van der Waals surface area contributed by atoms with Gasteiger partial charge in [-0.15, -0.1) is 0 Å². The molecule has 2 aromatic carbocycles. The van der Waals surface area contributed by atoms with Crippen LogP contribution in [0.4, 0.5) is 11.4 Å². The van der Waals surface area contributed by atoms with Gasteiger partial charge in [0.1, 0.15) is 5.54 Å². The van der Waals surface area contributed by atoms with Crippen LogP contribution >= 0.6 is 0 Å². The average molecular weight is 466 g/mol. The highest BCUT2D eigenvalue weighted by molar-refractivity contribution is 6.13. The predicted molar refractivity (Wildman–Crippen MR) is 131 cm³/mol. The average Bonchev–Trinajstić information content (AvgIpc) is 3.70. The summed E-state index contributed by atoms with van der Waals surface area (Å²) >= 11 is 0. The molecule has 1 fully saturated rings. The van der Waals surface area contributed by atoms with Crippen LogP contribution in [-0.4, -0.2) is 27.0 Å². The zero-order chi connectivity index (χ0) is 24.2. The summed E-state index contributed by atoms with van der Waals surface area (Å²) in [7, 11) is 0. The summed E-state index contributed by atoms with van der Waals surface area (Å²) in [6.07, 6.45) is 5.52. The number of nitrogens with one attached hydrogen (secondary N) is 2. The van der Waals surface area contributed by atoms with Crippen molar-refractivity contribution in [1.82, 2.24) is 20.5 Å². The SMILES string of the molecule is CC1(NC(=O)C2CC2)C(=O)N(c2cncc(Cc3n[nH]c(=O)c4ccccc34)c2)c2ccccc21. The van der Waals surface area contributed by atoms with Crippen LogP contribution in [0.5, 0.6) is 0 Å². The van der Waals surface area contributed by atoms with E-state index in [0.29, 0.717) is 23.2 Å². The molecule has 1 unspecified atom stereocenters. The Balaban J connectivity index is 1.37. The lowest BCUT2D eigenvalue weighted by atomic mass is 9.93. The molecule has 8 heteroatoms. The van der Waals surface area contributed by atoms with Crippen LogP contribution in [0.15, 0.2) is 71.8 Å². The third-order valence-electron chi connectivity index (χ3n) is 6.82. The number of hydrogen-bond donors (Lipinski definition) is 2. The van der Waals surface area contributed by atoms with Gasteiger partial charge in [-0.1, -0.05) is 36.4 Å². The van der Waals surface area contributed by atoms with Crippen LogP contribution in [0.3, 0.4) is 0 Å². The largest absolute Gasteiger partial charge is 0.338 e. The first kappa shape index (κ1) is 21.2. The Morgan fingerprint density at radius 3 is 2.63 bits per heavy atom. The third kappa shape index (κ3) is 3.49. The number of anilines is 2. The first-order chi connectivity index (χ1) is 17.0. The van der Waals surface area contributed by atoms with E-state index >= 15 is 0 Å². The molecule has 1 atom stereocenters. The summed E-state index contributed by atoms with van der Waals surface area (Å²) < 4.78 is 0. The number of carbonyl (C=O) groups is 2. The summed E-state index contributed by atoms with van der Waals surface area (Å²) in [6.45, 7) is 1.77. The Morgan fingerprint density at radius 1 is 1.09 bits per heavy atom. The summed E-state index contributed by atoms with van der Waals surface area (Å²) in [6, 6.07) is 16.7. The number of carbonyl (C=O) groups excluding carboxylic acids is 2. The standard InChI is InChI=1S/C27H23N5O3/c1-27(29-24(33)17-10-11-17)21-8-4-5-9-23(21)32(26(27)35)18-12-16(14-28-15-18)13-22-19-6-2-3-7-20(19)25(34)31-30-22/h2-9,12,14-15,17H,10-11,13H2,1H3,(H,29,33)(H,31,34). The number of nitrogens with zero attached hydrogens (tertiary/aromatic N) is 3. The summed E-state index contributed by atoms with van der Waals surface area (Å²) in [5.74, 6) is -0.315. The van der Waals surface area contributed by atoms with Crippen molar-refractivity contribution in [3.63, 3.8) is 0 Å². The maximum Gasteiger partial charge on any atom is 0.272 e. The first-order valence-corrected chi connectivity index (χ1v) is 11.6. The van der Waals surface area contributed by atoms with Crippen molar-refractivity contribution in [1.29, 1.82) is 0 Å². The number of fused-ring (bicyclic) bond motifs is 2. The molecule has 4 aromatic rings. The van der Waals surface area contributed by atoms with Gasteiger partial charge < -0.3 is 5.32 Å². The maximum absolute atomic E-state index is 13.8. The molecule has 1 saturated carbocycles. The normalized spacial score (nSPS) is 19.1. The molecular weight excluding hydrogens is 442 g/mol. The van der Waals surface area contributed by atoms with Gasteiger partial charge >= 0.3 is 0 Å². The van der Waals surface area contributed by atoms with Crippen molar-refractivity contribution in [2.75, 3.05) is 4.90 Å². The molecule has 2 aromatic heterocycles. The lowest BCUT2D eigenvalue weighted by Gasteiger charge is -2.26. The van der Waals surface area contributed by atoms with Crippen LogP contribution in [0.2, 0.25) is 0 Å². The Hall–Kier alpha value is -4.33. The quantitative estimate of drug-likeness (QED) is 0.470. The maximum atomic E-state index is 13.8. The molecule has 0 saturated heterocycles. The monoisotopic (exact) mass is 465 g/mol. The molecule has 3 heterocycles. The van der Waals surface area contributed by atoms with Gasteiger partial charge in [0.25, 0.3) is 11.5 Å². The van der Waals surface area contributed by atoms with E-state index in [1.54, 1.807) is 30.3 Å². The second-order valence-corrected chi connectivity index (χ2v) is 9.32. The minimum atomic E-state index is -1.15. The van der Waals surface area contributed by atoms with Crippen LogP contribution in [-0.2, 0) is 21.5 Å². The van der Waals surface area contributed by atoms with E-state index in [1.807, 2.05) is 48.5 Å². The molecule has 1 aliphatic heterocycles. The number of aromatic nitrogens is 3. The molecule has 174 valence electrons. The topological polar surface area (TPSA) is 108 Å². The van der Waals surface area contributed by atoms with Gasteiger partial charge in [0.05, 0.1) is 28.7 Å². The van der Waals surface area contributed by atoms with E-state index in [4.69, 9.17) is 0 Å². The highest BCUT2D eigenvalue weighted by atomic mass is 16.2. The van der Waals surface area contributed by atoms with Gasteiger partial charge in [-0.05, 0) is 43.5 Å². The fourth-order valence-corrected chi connectivity index (χ4v) is 4.80. The van der Waals surface area contributed by atoms with E-state index in [2.05, 4.69) is 20.5 Å². The van der Waals surface area contributed by atoms with E-state index in [-0.39, 0.29) is 23.3 Å². The number of aromatic amines is 1. The number of pyridine rings is 1. The fraction of sp³-hybridized carbons (Fsp3) is 0.222. The van der Waals surface area contributed by atoms with Crippen LogP contribution in [0, 0.1) is 5.92 Å². The molecule has 0 radical (unpaired) electrons. The highest BCUT2D eigenvalue weighted by Crippen LogP contribution is 2.44. The molecular formula is C27H23N5O3. The van der Waals surface area contributed by atoms with E-state index in [9.17, 15) is 14.4 Å². The Kier molecular flexibility index (Phi) is 4.77. The number of H-pyrrole nitrogens is 1. The molecule has 6 rings (SSSR count). The minimum absolute atomic E-state index is 0.00883. The Bertz CT molecular complexity index is 1560. The third-order valence-corrected chi connectivity index (χ3v) is 6.82. The second kappa shape index (κ2) is 7.87. The summed E-state index contributed by atoms with van der Waals surface area (Å²) in [5, 5.41) is 11.2. The van der Waals surface area contributed by atoms with E-state index in [0.717, 1.165) is 35.0 Å². The molecule has 2 aliphatic rings.